The van der Waals surface area contributed by atoms with Gasteiger partial charge in [0.2, 0.25) is 17.7 Å². The number of hydrogen-bond donors (Lipinski definition) is 13. The largest absolute Gasteiger partial charge is 0.496 e. The molecule has 0 aliphatic carbocycles. The summed E-state index contributed by atoms with van der Waals surface area (Å²) in [5.41, 5.74) is 33.1. The Hall–Kier alpha value is -8.84. The Morgan fingerprint density at radius 1 is 0.521 bits per heavy atom. The number of amides is 6. The third-order valence-corrected chi connectivity index (χ3v) is 10.0. The molecule has 0 saturated carbocycles. The number of hydrogen-bond acceptors (Lipinski definition) is 13. The van der Waals surface area contributed by atoms with Gasteiger partial charge in [-0.2, -0.15) is 0 Å². The van der Waals surface area contributed by atoms with E-state index in [0.717, 1.165) is 0 Å². The summed E-state index contributed by atoms with van der Waals surface area (Å²) < 4.78 is 16.2. The smallest absolute Gasteiger partial charge is 0.305 e. The molecule has 0 radical (unpaired) electrons. The van der Waals surface area contributed by atoms with Crippen LogP contribution < -0.4 is 80.5 Å². The van der Waals surface area contributed by atoms with E-state index in [1.165, 1.54) is 69.9 Å². The van der Waals surface area contributed by atoms with Crippen LogP contribution in [-0.4, -0.2) is 124 Å². The van der Waals surface area contributed by atoms with Crippen LogP contribution in [0.2, 0.25) is 0 Å². The second-order valence-corrected chi connectivity index (χ2v) is 15.4. The molecule has 71 heavy (non-hydrogen) atoms. The fourth-order valence-corrected chi connectivity index (χ4v) is 6.57. The van der Waals surface area contributed by atoms with E-state index in [1.54, 1.807) is 6.07 Å². The Morgan fingerprint density at radius 2 is 0.901 bits per heavy atom. The number of anilines is 3. The molecule has 0 spiro atoms. The van der Waals surface area contributed by atoms with Crippen molar-refractivity contribution in [3.63, 3.8) is 0 Å². The summed E-state index contributed by atoms with van der Waals surface area (Å²) in [5.74, 6) is -5.02. The van der Waals surface area contributed by atoms with Crippen LogP contribution in [0.4, 0.5) is 17.1 Å². The zero-order chi connectivity index (χ0) is 52.5. The average Bonchev–Trinajstić information content (AvgIpc) is 3.32. The third kappa shape index (κ3) is 19.7. The topological polar surface area (TPSA) is 433 Å². The Labute approximate surface area is 409 Å². The number of carbonyl (C=O) groups excluding carboxylic acids is 6. The first-order valence-electron chi connectivity index (χ1n) is 22.1. The number of rotatable bonds is 29. The molecule has 2 atom stereocenters. The van der Waals surface area contributed by atoms with E-state index in [1.807, 2.05) is 0 Å². The molecule has 0 fully saturated rings. The van der Waals surface area contributed by atoms with Crippen LogP contribution >= 0.6 is 0 Å². The zero-order valence-electron chi connectivity index (χ0n) is 39.7. The van der Waals surface area contributed by atoms with Crippen LogP contribution in [-0.2, 0) is 19.2 Å². The van der Waals surface area contributed by atoms with E-state index >= 15 is 0 Å². The fourth-order valence-electron chi connectivity index (χ4n) is 6.57. The monoisotopic (exact) mass is 989 g/mol. The van der Waals surface area contributed by atoms with Gasteiger partial charge in [-0.3, -0.25) is 48.5 Å². The first-order chi connectivity index (χ1) is 33.8. The molecule has 26 heteroatoms. The maximum atomic E-state index is 14.1. The first kappa shape index (κ1) is 56.5. The maximum absolute atomic E-state index is 14.1. The van der Waals surface area contributed by atoms with Crippen molar-refractivity contribution in [2.75, 3.05) is 63.5 Å². The predicted octanol–water partition coefficient (Wildman–Crippen LogP) is -0.120. The molecule has 0 aromatic heterocycles. The highest BCUT2D eigenvalue weighted by molar-refractivity contribution is 6.06. The van der Waals surface area contributed by atoms with Gasteiger partial charge in [-0.05, 0) is 93.1 Å². The number of aliphatic imine (C=N–C) groups is 3. The molecule has 6 amide bonds. The molecule has 0 heterocycles. The summed E-state index contributed by atoms with van der Waals surface area (Å²) in [4.78, 5) is 104. The first-order valence-corrected chi connectivity index (χ1v) is 22.1. The summed E-state index contributed by atoms with van der Waals surface area (Å²) in [7, 11) is 4.00. The van der Waals surface area contributed by atoms with E-state index < -0.39 is 47.6 Å². The van der Waals surface area contributed by atoms with Gasteiger partial charge in [-0.1, -0.05) is 0 Å². The normalized spacial score (nSPS) is 11.3. The third-order valence-electron chi connectivity index (χ3n) is 10.0. The molecule has 2 unspecified atom stereocenters. The molecular weight excluding hydrogens is 927 g/mol. The Morgan fingerprint density at radius 3 is 1.28 bits per heavy atom. The summed E-state index contributed by atoms with van der Waals surface area (Å²) >= 11 is 0. The number of guanidine groups is 3. The Bertz CT molecular complexity index is 2450. The number of nitrogens with one attached hydrogen (secondary N) is 6. The lowest BCUT2D eigenvalue weighted by atomic mass is 10.1. The summed E-state index contributed by atoms with van der Waals surface area (Å²) in [5, 5.41) is 25.0. The number of nitrogens with zero attached hydrogens (tertiary/aromatic N) is 3. The summed E-state index contributed by atoms with van der Waals surface area (Å²) in [6, 6.07) is 10.4. The number of carboxylic acids is 1. The van der Waals surface area contributed by atoms with E-state index in [2.05, 4.69) is 46.9 Å². The lowest BCUT2D eigenvalue weighted by molar-refractivity contribution is -0.136. The molecule has 0 saturated heterocycles. The molecule has 3 rings (SSSR count). The predicted molar refractivity (Wildman–Crippen MR) is 266 cm³/mol. The van der Waals surface area contributed by atoms with Crippen LogP contribution in [0, 0.1) is 0 Å². The van der Waals surface area contributed by atoms with Crippen molar-refractivity contribution < 1.29 is 52.9 Å². The summed E-state index contributed by atoms with van der Waals surface area (Å²) in [6.07, 6.45) is 1.44. The highest BCUT2D eigenvalue weighted by atomic mass is 16.5. The van der Waals surface area contributed by atoms with Gasteiger partial charge in [0.1, 0.15) is 29.3 Å². The molecule has 0 aliphatic heterocycles. The Kier molecular flexibility index (Phi) is 23.2. The van der Waals surface area contributed by atoms with Crippen LogP contribution in [0.1, 0.15) is 82.4 Å². The van der Waals surface area contributed by atoms with Gasteiger partial charge in [0, 0.05) is 49.7 Å². The minimum Gasteiger partial charge on any atom is -0.496 e. The van der Waals surface area contributed by atoms with Gasteiger partial charge in [-0.15, -0.1) is 0 Å². The number of carboxylic acid groups (broad SMARTS) is 1. The van der Waals surface area contributed by atoms with Gasteiger partial charge in [-0.25, -0.2) is 0 Å². The standard InChI is InChI=1S/C45H63N15O11/c1-69-33-15-12-26(23-28(33)38(64)52-21-17-37(62)63)57-41(67)31(8-6-19-54-44(48)49)60-40(66)30-24-27(13-16-35(30)71-3)58-42(68)32(9-7-20-55-45(50)51)59-39(65)29-22-25(11-14-34(29)70-2)56-36(61)10-4-5-18-53-43(46)47/h11-16,22-24,31-32H,4-10,17-21H2,1-3H3,(H,52,64)(H,56,61)(H,57,67)(H,58,68)(H,59,65)(H,60,66)(H,62,63)(H4,46,47,53)(H4,48,49,54)(H4,50,51,55). The number of ether oxygens (including phenoxy) is 3. The highest BCUT2D eigenvalue weighted by Crippen LogP contribution is 2.27. The number of carbonyl (C=O) groups is 7. The van der Waals surface area contributed by atoms with Crippen molar-refractivity contribution in [3.8, 4) is 17.2 Å². The van der Waals surface area contributed by atoms with E-state index in [0.29, 0.717) is 25.1 Å². The van der Waals surface area contributed by atoms with E-state index in [9.17, 15) is 33.6 Å². The molecule has 3 aromatic carbocycles. The average molecular weight is 990 g/mol. The number of methoxy groups -OCH3 is 3. The lowest BCUT2D eigenvalue weighted by Crippen LogP contribution is -2.44. The van der Waals surface area contributed by atoms with Gasteiger partial charge in [0.25, 0.3) is 17.7 Å². The van der Waals surface area contributed by atoms with Crippen LogP contribution in [0.5, 0.6) is 17.2 Å². The van der Waals surface area contributed by atoms with Crippen LogP contribution in [0.15, 0.2) is 69.6 Å². The maximum Gasteiger partial charge on any atom is 0.305 e. The number of nitrogens with two attached hydrogens (primary N) is 6. The SMILES string of the molecule is COc1ccc(NC(=O)C(CCCN=C(N)N)NC(=O)c2cc(NC(=O)C(CCCN=C(N)N)NC(=O)c3cc(NC(=O)CCCCN=C(N)N)ccc3OC)ccc2OC)cc1C(=O)NCCC(=O)O. The molecule has 26 nitrogen and oxygen atoms in total. The second kappa shape index (κ2) is 29.1. The van der Waals surface area contributed by atoms with Crippen molar-refractivity contribution >= 4 is 76.4 Å². The van der Waals surface area contributed by atoms with Gasteiger partial charge in [0.05, 0.1) is 44.4 Å². The van der Waals surface area contributed by atoms with Gasteiger partial charge < -0.3 is 85.6 Å². The Balaban J connectivity index is 1.88. The number of benzene rings is 3. The molecule has 0 bridgehead atoms. The van der Waals surface area contributed by atoms with Gasteiger partial charge >= 0.3 is 5.97 Å². The number of unbranched alkanes of at least 4 members (excludes halogenated alkanes) is 1. The molecule has 3 aromatic rings. The van der Waals surface area contributed by atoms with Crippen molar-refractivity contribution in [2.45, 2.75) is 63.5 Å². The van der Waals surface area contributed by atoms with Crippen molar-refractivity contribution in [3.05, 3.63) is 71.3 Å². The highest BCUT2D eigenvalue weighted by Gasteiger charge is 2.27. The van der Waals surface area contributed by atoms with E-state index in [-0.39, 0.29) is 127 Å². The minimum atomic E-state index is -1.23. The summed E-state index contributed by atoms with van der Waals surface area (Å²) in [6.45, 7) is 0.432. The van der Waals surface area contributed by atoms with Crippen molar-refractivity contribution in [2.24, 2.45) is 49.4 Å². The second-order valence-electron chi connectivity index (χ2n) is 15.4. The lowest BCUT2D eigenvalue weighted by Gasteiger charge is -2.21. The molecule has 384 valence electrons. The fraction of sp³-hybridized carbons (Fsp3) is 0.378. The van der Waals surface area contributed by atoms with Crippen molar-refractivity contribution in [1.82, 2.24) is 16.0 Å². The van der Waals surface area contributed by atoms with Crippen LogP contribution in [0.25, 0.3) is 0 Å². The van der Waals surface area contributed by atoms with Crippen molar-refractivity contribution in [1.29, 1.82) is 0 Å². The van der Waals surface area contributed by atoms with Gasteiger partial charge in [0.15, 0.2) is 17.9 Å². The van der Waals surface area contributed by atoms with E-state index in [4.69, 9.17) is 53.7 Å². The quantitative estimate of drug-likeness (QED) is 0.0245. The molecule has 19 N–H and O–H groups in total. The zero-order valence-corrected chi connectivity index (χ0v) is 39.7. The molecular formula is C45H63N15O11. The van der Waals surface area contributed by atoms with Crippen LogP contribution in [0.3, 0.4) is 0 Å². The minimum absolute atomic E-state index is 0.00240. The number of aliphatic carboxylic acids is 1. The molecule has 0 aliphatic rings.